The van der Waals surface area contributed by atoms with Gasteiger partial charge in [0, 0.05) is 7.11 Å². The first-order valence-electron chi connectivity index (χ1n) is 7.27. The molecule has 1 rings (SSSR count). The first kappa shape index (κ1) is 17.5. The summed E-state index contributed by atoms with van der Waals surface area (Å²) >= 11 is 0. The first-order valence-corrected chi connectivity index (χ1v) is 7.27. The van der Waals surface area contributed by atoms with Crippen molar-refractivity contribution in [3.05, 3.63) is 29.8 Å². The van der Waals surface area contributed by atoms with E-state index in [1.165, 1.54) is 5.56 Å². The molecule has 5 nitrogen and oxygen atoms in total. The molecule has 0 aromatic heterocycles. The number of benzene rings is 1. The highest BCUT2D eigenvalue weighted by molar-refractivity contribution is 5.84. The Kier molecular flexibility index (Phi) is 7.19. The molecule has 0 saturated heterocycles. The molecular formula is C16H26N2O3. The van der Waals surface area contributed by atoms with Gasteiger partial charge in [0.25, 0.3) is 0 Å². The molecular weight excluding hydrogens is 268 g/mol. The number of amides is 1. The van der Waals surface area contributed by atoms with Crippen LogP contribution in [0.1, 0.15) is 25.8 Å². The summed E-state index contributed by atoms with van der Waals surface area (Å²) in [5.41, 5.74) is 5.79. The van der Waals surface area contributed by atoms with Crippen LogP contribution in [-0.4, -0.2) is 38.3 Å². The molecule has 0 saturated carbocycles. The number of carbonyl (C=O) groups excluding carboxylic acids is 1. The Morgan fingerprint density at radius 2 is 2.00 bits per heavy atom. The third kappa shape index (κ3) is 5.73. The van der Waals surface area contributed by atoms with Crippen LogP contribution in [0, 0.1) is 0 Å². The second kappa shape index (κ2) is 8.64. The Labute approximate surface area is 126 Å². The van der Waals surface area contributed by atoms with Gasteiger partial charge in [-0.3, -0.25) is 4.79 Å². The molecule has 3 N–H and O–H groups in total. The number of ether oxygens (including phenoxy) is 2. The van der Waals surface area contributed by atoms with E-state index in [0.29, 0.717) is 6.61 Å². The fraction of sp³-hybridized carbons (Fsp3) is 0.562. The van der Waals surface area contributed by atoms with E-state index in [1.54, 1.807) is 14.0 Å². The van der Waals surface area contributed by atoms with E-state index in [9.17, 15) is 4.79 Å². The van der Waals surface area contributed by atoms with Crippen molar-refractivity contribution >= 4 is 5.91 Å². The molecule has 0 aliphatic rings. The number of primary amides is 1. The lowest BCUT2D eigenvalue weighted by Gasteiger charge is -2.27. The van der Waals surface area contributed by atoms with Gasteiger partial charge in [0.05, 0.1) is 6.61 Å². The molecule has 1 unspecified atom stereocenters. The van der Waals surface area contributed by atoms with E-state index in [1.807, 2.05) is 31.2 Å². The summed E-state index contributed by atoms with van der Waals surface area (Å²) in [6.07, 6.45) is 1.80. The van der Waals surface area contributed by atoms with E-state index in [-0.39, 0.29) is 6.61 Å². The average Bonchev–Trinajstić information content (AvgIpc) is 2.49. The summed E-state index contributed by atoms with van der Waals surface area (Å²) < 4.78 is 10.7. The molecule has 21 heavy (non-hydrogen) atoms. The molecule has 0 fully saturated rings. The number of hydrogen-bond acceptors (Lipinski definition) is 4. The van der Waals surface area contributed by atoms with Crippen LogP contribution < -0.4 is 15.8 Å². The Balaban J connectivity index is 2.57. The number of methoxy groups -OCH3 is 1. The summed E-state index contributed by atoms with van der Waals surface area (Å²) in [6.45, 7) is 5.42. The van der Waals surface area contributed by atoms with E-state index in [0.717, 1.165) is 25.1 Å². The molecule has 0 aliphatic heterocycles. The monoisotopic (exact) mass is 294 g/mol. The van der Waals surface area contributed by atoms with E-state index in [4.69, 9.17) is 15.2 Å². The molecule has 0 heterocycles. The third-order valence-electron chi connectivity index (χ3n) is 3.35. The Morgan fingerprint density at radius 1 is 1.33 bits per heavy atom. The second-order valence-electron chi connectivity index (χ2n) is 5.30. The highest BCUT2D eigenvalue weighted by Crippen LogP contribution is 2.15. The van der Waals surface area contributed by atoms with Crippen molar-refractivity contribution in [3.63, 3.8) is 0 Å². The minimum atomic E-state index is -0.856. The van der Waals surface area contributed by atoms with Crippen molar-refractivity contribution in [2.75, 3.05) is 26.9 Å². The van der Waals surface area contributed by atoms with Crippen LogP contribution in [0.15, 0.2) is 24.3 Å². The maximum absolute atomic E-state index is 11.6. The molecule has 0 radical (unpaired) electrons. The summed E-state index contributed by atoms with van der Waals surface area (Å²) in [7, 11) is 1.69. The molecule has 1 atom stereocenters. The normalized spacial score (nSPS) is 13.7. The highest BCUT2D eigenvalue weighted by atomic mass is 16.5. The summed E-state index contributed by atoms with van der Waals surface area (Å²) in [5, 5.41) is 3.14. The number of carbonyl (C=O) groups is 1. The highest BCUT2D eigenvalue weighted by Gasteiger charge is 2.31. The lowest BCUT2D eigenvalue weighted by molar-refractivity contribution is -0.125. The SMILES string of the molecule is CCCNC(C)(COc1ccc(CCOC)cc1)C(N)=O. The number of rotatable bonds is 10. The fourth-order valence-corrected chi connectivity index (χ4v) is 1.81. The van der Waals surface area contributed by atoms with Crippen molar-refractivity contribution in [1.29, 1.82) is 0 Å². The van der Waals surface area contributed by atoms with Gasteiger partial charge in [0.1, 0.15) is 17.9 Å². The first-order chi connectivity index (χ1) is 10.0. The third-order valence-corrected chi connectivity index (χ3v) is 3.35. The zero-order valence-corrected chi connectivity index (χ0v) is 13.1. The number of hydrogen-bond donors (Lipinski definition) is 2. The predicted octanol–water partition coefficient (Wildman–Crippen LogP) is 1.50. The van der Waals surface area contributed by atoms with Crippen LogP contribution in [0.2, 0.25) is 0 Å². The van der Waals surface area contributed by atoms with Crippen molar-refractivity contribution in [3.8, 4) is 5.75 Å². The topological polar surface area (TPSA) is 73.6 Å². The molecule has 5 heteroatoms. The molecule has 0 spiro atoms. The van der Waals surface area contributed by atoms with Crippen molar-refractivity contribution in [1.82, 2.24) is 5.32 Å². The van der Waals surface area contributed by atoms with Crippen LogP contribution in [-0.2, 0) is 16.0 Å². The Bertz CT molecular complexity index is 434. The van der Waals surface area contributed by atoms with Crippen LogP contribution in [0.25, 0.3) is 0 Å². The van der Waals surface area contributed by atoms with Gasteiger partial charge in [-0.25, -0.2) is 0 Å². The van der Waals surface area contributed by atoms with Crippen LogP contribution >= 0.6 is 0 Å². The van der Waals surface area contributed by atoms with Crippen molar-refractivity contribution < 1.29 is 14.3 Å². The van der Waals surface area contributed by atoms with Crippen LogP contribution in [0.4, 0.5) is 0 Å². The largest absolute Gasteiger partial charge is 0.491 e. The molecule has 0 aliphatic carbocycles. The van der Waals surface area contributed by atoms with Gasteiger partial charge >= 0.3 is 0 Å². The molecule has 118 valence electrons. The zero-order valence-electron chi connectivity index (χ0n) is 13.1. The lowest BCUT2D eigenvalue weighted by Crippen LogP contribution is -2.57. The van der Waals surface area contributed by atoms with Gasteiger partial charge < -0.3 is 20.5 Å². The van der Waals surface area contributed by atoms with Crippen molar-refractivity contribution in [2.24, 2.45) is 5.73 Å². The summed E-state index contributed by atoms with van der Waals surface area (Å²) in [6, 6.07) is 7.78. The maximum Gasteiger partial charge on any atom is 0.240 e. The standard InChI is InChI=1S/C16H26N2O3/c1-4-10-18-16(2,15(17)19)12-21-14-7-5-13(6-8-14)9-11-20-3/h5-8,18H,4,9-12H2,1-3H3,(H2,17,19). The number of nitrogens with one attached hydrogen (secondary N) is 1. The summed E-state index contributed by atoms with van der Waals surface area (Å²) in [4.78, 5) is 11.6. The van der Waals surface area contributed by atoms with Crippen molar-refractivity contribution in [2.45, 2.75) is 32.2 Å². The van der Waals surface area contributed by atoms with Gasteiger partial charge in [-0.05, 0) is 44.0 Å². The van der Waals surface area contributed by atoms with Crippen LogP contribution in [0.5, 0.6) is 5.75 Å². The quantitative estimate of drug-likeness (QED) is 0.686. The minimum absolute atomic E-state index is 0.208. The second-order valence-corrected chi connectivity index (χ2v) is 5.30. The summed E-state index contributed by atoms with van der Waals surface area (Å²) in [5.74, 6) is 0.314. The van der Waals surface area contributed by atoms with Gasteiger partial charge in [0.15, 0.2) is 0 Å². The number of nitrogens with two attached hydrogens (primary N) is 1. The molecule has 1 amide bonds. The zero-order chi connectivity index (χ0) is 15.7. The Hall–Kier alpha value is -1.59. The van der Waals surface area contributed by atoms with Gasteiger partial charge in [-0.15, -0.1) is 0 Å². The van der Waals surface area contributed by atoms with E-state index < -0.39 is 11.4 Å². The maximum atomic E-state index is 11.6. The average molecular weight is 294 g/mol. The predicted molar refractivity (Wildman–Crippen MR) is 83.4 cm³/mol. The molecule has 1 aromatic rings. The van der Waals surface area contributed by atoms with Gasteiger partial charge in [-0.2, -0.15) is 0 Å². The molecule has 1 aromatic carbocycles. The Morgan fingerprint density at radius 3 is 2.52 bits per heavy atom. The van der Waals surface area contributed by atoms with Crippen LogP contribution in [0.3, 0.4) is 0 Å². The fourth-order valence-electron chi connectivity index (χ4n) is 1.81. The minimum Gasteiger partial charge on any atom is -0.491 e. The van der Waals surface area contributed by atoms with E-state index >= 15 is 0 Å². The van der Waals surface area contributed by atoms with Gasteiger partial charge in [-0.1, -0.05) is 19.1 Å². The lowest BCUT2D eigenvalue weighted by atomic mass is 10.0. The van der Waals surface area contributed by atoms with Gasteiger partial charge in [0.2, 0.25) is 5.91 Å². The molecule has 0 bridgehead atoms. The van der Waals surface area contributed by atoms with E-state index in [2.05, 4.69) is 5.32 Å². The smallest absolute Gasteiger partial charge is 0.240 e.